The van der Waals surface area contributed by atoms with E-state index in [1.165, 1.54) is 41.8 Å². The first-order chi connectivity index (χ1) is 38.9. The quantitative estimate of drug-likeness (QED) is 0.0985. The maximum Gasteiger partial charge on any atom is 0.313 e. The van der Waals surface area contributed by atoms with E-state index in [9.17, 15) is 38.4 Å². The number of ether oxygens (including phenoxy) is 6. The Hall–Kier alpha value is -4.49. The molecule has 0 aliphatic carbocycles. The summed E-state index contributed by atoms with van der Waals surface area (Å²) in [5.74, 6) is -2.62. The summed E-state index contributed by atoms with van der Waals surface area (Å²) in [5.41, 5.74) is 1.13. The molecule has 0 radical (unpaired) electrons. The van der Waals surface area contributed by atoms with Crippen molar-refractivity contribution in [2.24, 2.45) is 17.8 Å². The molecule has 1 aromatic heterocycles. The molecule has 5 rings (SSSR count). The lowest BCUT2D eigenvalue weighted by atomic mass is 9.83. The Kier molecular flexibility index (Phi) is 29.6. The Labute approximate surface area is 491 Å². The van der Waals surface area contributed by atoms with Crippen LogP contribution in [0.25, 0.3) is 0 Å². The van der Waals surface area contributed by atoms with E-state index in [-0.39, 0.29) is 143 Å². The number of fused-ring (bicyclic) bond motifs is 2. The topological polar surface area (TPSA) is 247 Å². The minimum absolute atomic E-state index is 0.0185. The van der Waals surface area contributed by atoms with Gasteiger partial charge in [-0.3, -0.25) is 43.3 Å². The number of nitrogens with zero attached hydrogens (tertiary/aromatic N) is 3. The van der Waals surface area contributed by atoms with E-state index in [1.54, 1.807) is 35.5 Å². The third-order valence-electron chi connectivity index (χ3n) is 14.9. The van der Waals surface area contributed by atoms with E-state index < -0.39 is 52.3 Å². The van der Waals surface area contributed by atoms with Gasteiger partial charge in [0.2, 0.25) is 17.7 Å². The van der Waals surface area contributed by atoms with E-state index in [0.29, 0.717) is 42.4 Å². The molecule has 4 heterocycles. The number of amides is 4. The van der Waals surface area contributed by atoms with Crippen LogP contribution in [0.4, 0.5) is 5.69 Å². The maximum absolute atomic E-state index is 14.5. The summed E-state index contributed by atoms with van der Waals surface area (Å²) in [4.78, 5) is 116. The Morgan fingerprint density at radius 3 is 2.28 bits per heavy atom. The second kappa shape index (κ2) is 35.6. The largest absolute Gasteiger partial charge is 0.455 e. The fraction of sp³-hybridized carbons (Fsp3) is 0.707. The van der Waals surface area contributed by atoms with Gasteiger partial charge in [-0.05, 0) is 75.2 Å². The molecule has 3 aliphatic rings. The summed E-state index contributed by atoms with van der Waals surface area (Å²) in [6, 6.07) is 4.11. The standard InChI is InChI=1S/C58H88N6O14S3/c1-9-14-41(60-55(70)44-35-79-57(62-44)50(77-39(6)65)34-46(37(3)4)64(8)58(72)42(38(5)10-2)33-48(67)45-15-11-12-22-63(45)7)31-40-17-18-49-43(32-40)61-51(68)19-24-74-29-30-76-26-21-59-56(71)54-53(80-36-81-54)47(66)16-13-23-73-27-28-75-25-20-52(69)78-49/h17-18,32,35,37-38,41-42,45-46,50,53-54H,9-16,19-31,33-34,36H2,1-8H3,(H,59,71)(H,60,70)(H,61,68)/t38-,41+,42-,45+,46+,50+,53?,54?/m0/s1. The highest BCUT2D eigenvalue weighted by Gasteiger charge is 2.40. The molecular weight excluding hydrogens is 1100 g/mol. The van der Waals surface area contributed by atoms with Gasteiger partial charge in [0, 0.05) is 74.9 Å². The molecular formula is C58H88N6O14S3. The summed E-state index contributed by atoms with van der Waals surface area (Å²) in [6.45, 7) is 14.2. The van der Waals surface area contributed by atoms with Gasteiger partial charge in [0.1, 0.15) is 21.7 Å². The monoisotopic (exact) mass is 1190 g/mol. The molecule has 81 heavy (non-hydrogen) atoms. The second-order valence-electron chi connectivity index (χ2n) is 21.4. The number of benzene rings is 1. The molecule has 20 nitrogen and oxygen atoms in total. The number of carbonyl (C=O) groups is 8. The van der Waals surface area contributed by atoms with Gasteiger partial charge in [0.25, 0.3) is 5.91 Å². The lowest BCUT2D eigenvalue weighted by molar-refractivity contribution is -0.149. The summed E-state index contributed by atoms with van der Waals surface area (Å²) < 4.78 is 34.2. The predicted octanol–water partition coefficient (Wildman–Crippen LogP) is 7.21. The van der Waals surface area contributed by atoms with E-state index in [4.69, 9.17) is 33.4 Å². The van der Waals surface area contributed by atoms with Crippen molar-refractivity contribution in [3.63, 3.8) is 0 Å². The molecule has 1 aromatic carbocycles. The Morgan fingerprint density at radius 2 is 1.59 bits per heavy atom. The molecule has 2 fully saturated rings. The highest BCUT2D eigenvalue weighted by molar-refractivity contribution is 8.20. The van der Waals surface area contributed by atoms with E-state index in [1.807, 2.05) is 41.7 Å². The number of piperidine rings is 1. The molecule has 2 unspecified atom stereocenters. The molecule has 452 valence electrons. The molecule has 3 aliphatic heterocycles. The first-order valence-electron chi connectivity index (χ1n) is 28.8. The van der Waals surface area contributed by atoms with Crippen LogP contribution in [0.1, 0.15) is 146 Å². The van der Waals surface area contributed by atoms with Gasteiger partial charge >= 0.3 is 11.9 Å². The lowest BCUT2D eigenvalue weighted by Gasteiger charge is -2.37. The molecule has 2 saturated heterocycles. The molecule has 2 aromatic rings. The van der Waals surface area contributed by atoms with Crippen LogP contribution in [0.2, 0.25) is 0 Å². The molecule has 0 bridgehead atoms. The van der Waals surface area contributed by atoms with E-state index in [0.717, 1.165) is 44.2 Å². The van der Waals surface area contributed by atoms with Crippen LogP contribution in [-0.4, -0.2) is 176 Å². The third-order valence-corrected chi connectivity index (χ3v) is 18.8. The van der Waals surface area contributed by atoms with Crippen molar-refractivity contribution in [2.75, 3.05) is 90.4 Å². The number of Topliss-reactive ketones (excluding diaryl/α,β-unsaturated/α-hetero) is 2. The molecule has 0 spiro atoms. The SMILES string of the molecule is CCC[C@H](Cc1ccc2c(c1)NC(=O)CCOCCOCCNC(=O)C1SCSC1C(=O)CCCOCCOCCC(=O)O2)NC(=O)c1csc([C@@H](C[C@H](C(C)C)N(C)C(=O)[C@@H](CC(=O)[C@H]2CCCCN2C)[C@@H](C)CC)OC(C)=O)n1. The van der Waals surface area contributed by atoms with E-state index in [2.05, 4.69) is 20.9 Å². The van der Waals surface area contributed by atoms with Crippen LogP contribution in [0.3, 0.4) is 0 Å². The van der Waals surface area contributed by atoms with Crippen molar-refractivity contribution >= 4 is 87.7 Å². The first kappa shape index (κ1) is 67.3. The molecule has 4 amide bonds. The number of hydrogen-bond donors (Lipinski definition) is 3. The highest BCUT2D eigenvalue weighted by atomic mass is 32.2. The number of carbonyl (C=O) groups excluding carboxylic acids is 8. The van der Waals surface area contributed by atoms with Crippen LogP contribution in [0.15, 0.2) is 23.6 Å². The average molecular weight is 1190 g/mol. The zero-order valence-electron chi connectivity index (χ0n) is 48.8. The molecule has 23 heteroatoms. The fourth-order valence-corrected chi connectivity index (χ4v) is 14.1. The fourth-order valence-electron chi connectivity index (χ4n) is 10.1. The Balaban J connectivity index is 1.23. The smallest absolute Gasteiger partial charge is 0.313 e. The normalized spacial score (nSPS) is 22.2. The van der Waals surface area contributed by atoms with Gasteiger partial charge in [0.15, 0.2) is 17.6 Å². The number of esters is 2. The number of thioether (sulfide) groups is 2. The first-order valence-corrected chi connectivity index (χ1v) is 31.8. The minimum Gasteiger partial charge on any atom is -0.455 e. The minimum atomic E-state index is -0.862. The van der Waals surface area contributed by atoms with Gasteiger partial charge in [-0.15, -0.1) is 34.9 Å². The third kappa shape index (κ3) is 22.2. The van der Waals surface area contributed by atoms with Crippen LogP contribution in [0, 0.1) is 17.8 Å². The highest BCUT2D eigenvalue weighted by Crippen LogP contribution is 2.38. The van der Waals surface area contributed by atoms with Crippen molar-refractivity contribution in [1.29, 1.82) is 0 Å². The summed E-state index contributed by atoms with van der Waals surface area (Å²) >= 11 is 4.14. The summed E-state index contributed by atoms with van der Waals surface area (Å²) in [5, 5.41) is 10.7. The Morgan fingerprint density at radius 1 is 0.889 bits per heavy atom. The van der Waals surface area contributed by atoms with Gasteiger partial charge < -0.3 is 49.3 Å². The number of aromatic nitrogens is 1. The average Bonchev–Trinajstić information content (AvgIpc) is 4.32. The number of rotatable bonds is 18. The number of ketones is 2. The lowest BCUT2D eigenvalue weighted by Crippen LogP contribution is -2.48. The van der Waals surface area contributed by atoms with Gasteiger partial charge in [-0.2, -0.15) is 0 Å². The van der Waals surface area contributed by atoms with Crippen molar-refractivity contribution in [2.45, 2.75) is 160 Å². The molecule has 8 atom stereocenters. The number of likely N-dealkylation sites (tertiary alicyclic amines) is 1. The zero-order valence-corrected chi connectivity index (χ0v) is 51.2. The molecule has 0 saturated carbocycles. The number of likely N-dealkylation sites (N-methyl/N-ethyl adjacent to an activating group) is 1. The maximum atomic E-state index is 14.5. The number of anilines is 1. The van der Waals surface area contributed by atoms with Crippen LogP contribution < -0.4 is 20.7 Å². The zero-order chi connectivity index (χ0) is 58.8. The summed E-state index contributed by atoms with van der Waals surface area (Å²) in [6.07, 6.45) is 5.45. The number of nitrogens with one attached hydrogen (secondary N) is 3. The predicted molar refractivity (Wildman–Crippen MR) is 313 cm³/mol. The van der Waals surface area contributed by atoms with E-state index >= 15 is 0 Å². The second-order valence-corrected chi connectivity index (χ2v) is 25.0. The van der Waals surface area contributed by atoms with Crippen LogP contribution in [-0.2, 0) is 63.7 Å². The van der Waals surface area contributed by atoms with Crippen LogP contribution in [0.5, 0.6) is 5.75 Å². The summed E-state index contributed by atoms with van der Waals surface area (Å²) in [7, 11) is 3.73. The van der Waals surface area contributed by atoms with Crippen molar-refractivity contribution in [1.82, 2.24) is 25.4 Å². The molecule has 3 N–H and O–H groups in total. The van der Waals surface area contributed by atoms with Gasteiger partial charge in [-0.1, -0.05) is 59.9 Å². The van der Waals surface area contributed by atoms with Crippen molar-refractivity contribution in [3.8, 4) is 5.75 Å². The van der Waals surface area contributed by atoms with Crippen molar-refractivity contribution < 1.29 is 66.8 Å². The van der Waals surface area contributed by atoms with Crippen LogP contribution >= 0.6 is 34.9 Å². The number of thiazole rings is 1. The van der Waals surface area contributed by atoms with Gasteiger partial charge in [-0.25, -0.2) is 4.98 Å². The van der Waals surface area contributed by atoms with Gasteiger partial charge in [0.05, 0.1) is 76.1 Å². The Bertz CT molecular complexity index is 2380. The van der Waals surface area contributed by atoms with Crippen molar-refractivity contribution in [3.05, 3.63) is 39.8 Å². The number of hydrogen-bond acceptors (Lipinski definition) is 19.